The number of nitrogens with zero attached hydrogens (tertiary/aromatic N) is 2. The van der Waals surface area contributed by atoms with Crippen LogP contribution in [0, 0.1) is 6.92 Å². The number of hydrogen-bond donors (Lipinski definition) is 2. The van der Waals surface area contributed by atoms with E-state index in [4.69, 9.17) is 16.3 Å². The van der Waals surface area contributed by atoms with E-state index in [2.05, 4.69) is 29.3 Å². The zero-order valence-corrected chi connectivity index (χ0v) is 18.8. The zero-order chi connectivity index (χ0) is 22.7. The molecule has 0 aliphatic carbocycles. The summed E-state index contributed by atoms with van der Waals surface area (Å²) in [6.45, 7) is 4.19. The van der Waals surface area contributed by atoms with Gasteiger partial charge in [0.2, 0.25) is 5.91 Å². The molecule has 170 valence electrons. The van der Waals surface area contributed by atoms with Crippen LogP contribution in [0.5, 0.6) is 5.75 Å². The Morgan fingerprint density at radius 2 is 1.94 bits per heavy atom. The molecule has 2 saturated heterocycles. The Bertz CT molecular complexity index is 999. The highest BCUT2D eigenvalue weighted by molar-refractivity contribution is 6.32. The van der Waals surface area contributed by atoms with Crippen LogP contribution in [0.25, 0.3) is 0 Å². The van der Waals surface area contributed by atoms with Crippen LogP contribution in [0.1, 0.15) is 31.2 Å². The summed E-state index contributed by atoms with van der Waals surface area (Å²) >= 11 is 6.44. The molecule has 0 aromatic heterocycles. The van der Waals surface area contributed by atoms with Crippen LogP contribution in [0.15, 0.2) is 42.5 Å². The van der Waals surface area contributed by atoms with Crippen LogP contribution in [-0.2, 0) is 4.79 Å². The molecule has 8 heteroatoms. The smallest absolute Gasteiger partial charge is 0.407 e. The second-order valence-corrected chi connectivity index (χ2v) is 8.79. The summed E-state index contributed by atoms with van der Waals surface area (Å²) in [6, 6.07) is 12.8. The fourth-order valence-corrected chi connectivity index (χ4v) is 4.70. The van der Waals surface area contributed by atoms with Crippen molar-refractivity contribution in [3.63, 3.8) is 0 Å². The third-order valence-corrected chi connectivity index (χ3v) is 6.44. The van der Waals surface area contributed by atoms with Crippen molar-refractivity contribution in [1.29, 1.82) is 0 Å². The average molecular weight is 458 g/mol. The maximum atomic E-state index is 12.7. The number of aryl methyl sites for hydroxylation is 1. The fourth-order valence-electron chi connectivity index (χ4n) is 4.47. The molecule has 4 rings (SSSR count). The summed E-state index contributed by atoms with van der Waals surface area (Å²) in [5.41, 5.74) is 2.99. The van der Waals surface area contributed by atoms with Crippen molar-refractivity contribution in [3.05, 3.63) is 53.1 Å². The minimum atomic E-state index is -1.07. The van der Waals surface area contributed by atoms with Gasteiger partial charge in [0, 0.05) is 30.9 Å². The molecule has 7 nitrogen and oxygen atoms in total. The monoisotopic (exact) mass is 457 g/mol. The molecule has 2 amide bonds. The number of carbonyl (C=O) groups is 2. The van der Waals surface area contributed by atoms with Crippen LogP contribution in [0.2, 0.25) is 5.02 Å². The number of ether oxygens (including phenoxy) is 1. The van der Waals surface area contributed by atoms with Crippen molar-refractivity contribution in [2.75, 3.05) is 29.9 Å². The Morgan fingerprint density at radius 3 is 2.69 bits per heavy atom. The Morgan fingerprint density at radius 1 is 1.12 bits per heavy atom. The van der Waals surface area contributed by atoms with Crippen LogP contribution in [0.3, 0.4) is 0 Å². The minimum Gasteiger partial charge on any atom is -0.487 e. The van der Waals surface area contributed by atoms with Crippen LogP contribution < -0.4 is 15.0 Å². The normalized spacial score (nSPS) is 20.8. The van der Waals surface area contributed by atoms with Gasteiger partial charge in [-0.1, -0.05) is 29.8 Å². The molecule has 0 unspecified atom stereocenters. The Kier molecular flexibility index (Phi) is 6.74. The largest absolute Gasteiger partial charge is 0.487 e. The summed E-state index contributed by atoms with van der Waals surface area (Å²) in [6.07, 6.45) is 1.98. The molecule has 2 aliphatic rings. The third-order valence-electron chi connectivity index (χ3n) is 6.15. The Hall–Kier alpha value is -2.93. The number of piperidine rings is 1. The average Bonchev–Trinajstić information content (AvgIpc) is 3.24. The van der Waals surface area contributed by atoms with Crippen LogP contribution in [-0.4, -0.2) is 53.8 Å². The molecule has 0 spiro atoms. The molecule has 2 N–H and O–H groups in total. The molecule has 0 bridgehead atoms. The SMILES string of the molecule is Cc1ccccc1N1CC[C@H](Oc2ccc(NC(=O)[C@H]3CCCCN3C(=O)O)cc2Cl)C1. The predicted octanol–water partition coefficient (Wildman–Crippen LogP) is 4.78. The van der Waals surface area contributed by atoms with Gasteiger partial charge in [-0.3, -0.25) is 9.69 Å². The van der Waals surface area contributed by atoms with E-state index in [1.807, 2.05) is 12.1 Å². The standard InChI is InChI=1S/C24H28ClN3O4/c1-16-6-2-3-7-20(16)27-13-11-18(15-27)32-22-10-9-17(14-19(22)25)26-23(29)21-8-4-5-12-28(21)24(30)31/h2-3,6-7,9-10,14,18,21H,4-5,8,11-13,15H2,1H3,(H,26,29)(H,30,31)/t18-,21+/m0/s1. The lowest BCUT2D eigenvalue weighted by molar-refractivity contribution is -0.121. The lowest BCUT2D eigenvalue weighted by Gasteiger charge is -2.32. The summed E-state index contributed by atoms with van der Waals surface area (Å²) in [5, 5.41) is 12.6. The van der Waals surface area contributed by atoms with Crippen LogP contribution >= 0.6 is 11.6 Å². The molecule has 32 heavy (non-hydrogen) atoms. The van der Waals surface area contributed by atoms with Crippen molar-refractivity contribution in [2.45, 2.75) is 44.8 Å². The number of halogens is 1. The molecule has 2 heterocycles. The van der Waals surface area contributed by atoms with Gasteiger partial charge in [-0.15, -0.1) is 0 Å². The third kappa shape index (κ3) is 4.93. The minimum absolute atomic E-state index is 0.0268. The number of amides is 2. The highest BCUT2D eigenvalue weighted by Crippen LogP contribution is 2.32. The molecule has 0 saturated carbocycles. The molecule has 2 aromatic rings. The van der Waals surface area contributed by atoms with Crippen LogP contribution in [0.4, 0.5) is 16.2 Å². The van der Waals surface area contributed by atoms with Crippen molar-refractivity contribution in [2.24, 2.45) is 0 Å². The second kappa shape index (κ2) is 9.69. The fraction of sp³-hybridized carbons (Fsp3) is 0.417. The summed E-state index contributed by atoms with van der Waals surface area (Å²) < 4.78 is 6.15. The quantitative estimate of drug-likeness (QED) is 0.675. The van der Waals surface area contributed by atoms with E-state index in [1.165, 1.54) is 16.2 Å². The summed E-state index contributed by atoms with van der Waals surface area (Å²) in [4.78, 5) is 27.6. The van der Waals surface area contributed by atoms with Gasteiger partial charge in [-0.25, -0.2) is 4.79 Å². The number of para-hydroxylation sites is 1. The van der Waals surface area contributed by atoms with Crippen molar-refractivity contribution in [1.82, 2.24) is 4.90 Å². The van der Waals surface area contributed by atoms with Gasteiger partial charge in [0.1, 0.15) is 17.9 Å². The molecular formula is C24H28ClN3O4. The zero-order valence-electron chi connectivity index (χ0n) is 18.1. The highest BCUT2D eigenvalue weighted by atomic mass is 35.5. The first-order valence-electron chi connectivity index (χ1n) is 11.0. The van der Waals surface area contributed by atoms with Gasteiger partial charge < -0.3 is 20.1 Å². The van der Waals surface area contributed by atoms with Gasteiger partial charge in [0.15, 0.2) is 0 Å². The van der Waals surface area contributed by atoms with E-state index in [9.17, 15) is 14.7 Å². The number of hydrogen-bond acceptors (Lipinski definition) is 4. The van der Waals surface area contributed by atoms with E-state index in [-0.39, 0.29) is 12.0 Å². The number of anilines is 2. The number of nitrogens with one attached hydrogen (secondary N) is 1. The van der Waals surface area contributed by atoms with Crippen molar-refractivity contribution in [3.8, 4) is 5.75 Å². The molecule has 2 atom stereocenters. The number of carbonyl (C=O) groups excluding carboxylic acids is 1. The van der Waals surface area contributed by atoms with E-state index in [0.717, 1.165) is 32.4 Å². The topological polar surface area (TPSA) is 82.1 Å². The van der Waals surface area contributed by atoms with E-state index >= 15 is 0 Å². The lowest BCUT2D eigenvalue weighted by Crippen LogP contribution is -2.49. The van der Waals surface area contributed by atoms with Gasteiger partial charge in [0.05, 0.1) is 11.6 Å². The maximum Gasteiger partial charge on any atom is 0.407 e. The first kappa shape index (κ1) is 22.3. The Labute approximate surface area is 192 Å². The van der Waals surface area contributed by atoms with E-state index in [0.29, 0.717) is 29.4 Å². The predicted molar refractivity (Wildman–Crippen MR) is 125 cm³/mol. The van der Waals surface area contributed by atoms with E-state index < -0.39 is 12.1 Å². The number of carboxylic acid groups (broad SMARTS) is 1. The Balaban J connectivity index is 1.37. The summed E-state index contributed by atoms with van der Waals surface area (Å²) in [5.74, 6) is 0.243. The molecule has 0 radical (unpaired) electrons. The first-order chi connectivity index (χ1) is 15.4. The van der Waals surface area contributed by atoms with Gasteiger partial charge in [0.25, 0.3) is 0 Å². The lowest BCUT2D eigenvalue weighted by atomic mass is 10.0. The van der Waals surface area contributed by atoms with E-state index in [1.54, 1.807) is 18.2 Å². The highest BCUT2D eigenvalue weighted by Gasteiger charge is 2.32. The maximum absolute atomic E-state index is 12.7. The first-order valence-corrected chi connectivity index (χ1v) is 11.4. The molecule has 2 aromatic carbocycles. The molecule has 2 aliphatic heterocycles. The summed E-state index contributed by atoms with van der Waals surface area (Å²) in [7, 11) is 0. The molecular weight excluding hydrogens is 430 g/mol. The molecule has 2 fully saturated rings. The second-order valence-electron chi connectivity index (χ2n) is 8.38. The van der Waals surface area contributed by atoms with Crippen molar-refractivity contribution < 1.29 is 19.4 Å². The number of benzene rings is 2. The van der Waals surface area contributed by atoms with Gasteiger partial charge in [-0.05, 0) is 56.0 Å². The number of rotatable bonds is 5. The van der Waals surface area contributed by atoms with Gasteiger partial charge >= 0.3 is 6.09 Å². The number of likely N-dealkylation sites (tertiary alicyclic amines) is 1. The van der Waals surface area contributed by atoms with Crippen molar-refractivity contribution >= 4 is 35.0 Å². The van der Waals surface area contributed by atoms with Gasteiger partial charge in [-0.2, -0.15) is 0 Å².